The predicted molar refractivity (Wildman–Crippen MR) is 105 cm³/mol. The molecule has 0 saturated carbocycles. The van der Waals surface area contributed by atoms with Crippen LogP contribution in [0.4, 0.5) is 17.6 Å². The highest BCUT2D eigenvalue weighted by Crippen LogP contribution is 2.29. The number of nitrogens with zero attached hydrogens (tertiary/aromatic N) is 3. The Morgan fingerprint density at radius 3 is 2.57 bits per heavy atom. The van der Waals surface area contributed by atoms with Gasteiger partial charge < -0.3 is 15.7 Å². The van der Waals surface area contributed by atoms with Gasteiger partial charge in [-0.1, -0.05) is 19.1 Å². The number of rotatable bonds is 6. The van der Waals surface area contributed by atoms with Gasteiger partial charge in [0.25, 0.3) is 0 Å². The van der Waals surface area contributed by atoms with E-state index in [2.05, 4.69) is 9.97 Å². The average Bonchev–Trinajstić information content (AvgIpc) is 3.18. The zero-order chi connectivity index (χ0) is 21.9. The summed E-state index contributed by atoms with van der Waals surface area (Å²) < 4.78 is 54.6. The number of benzene rings is 1. The monoisotopic (exact) mass is 420 g/mol. The maximum absolute atomic E-state index is 13.6. The Morgan fingerprint density at radius 2 is 1.93 bits per heavy atom. The SMILES string of the molecule is CCC(c1cccc(F)c1)n1cnc(-c2cc(/C(N)=C(/NN)C(F)(F)F)ccn2)c1. The number of hydrogen-bond acceptors (Lipinski definition) is 5. The van der Waals surface area contributed by atoms with Crippen LogP contribution in [0.3, 0.4) is 0 Å². The topological polar surface area (TPSA) is 94.8 Å². The Morgan fingerprint density at radius 1 is 1.17 bits per heavy atom. The standard InChI is InChI=1S/C20H20F4N6/c1-2-17(12-4-3-5-14(21)8-12)30-10-16(28-11-30)15-9-13(6-7-27-15)18(25)19(29-26)20(22,23)24/h3-11,17,29H,2,25-26H2,1H3/b19-18-. The van der Waals surface area contributed by atoms with E-state index in [1.807, 2.05) is 13.0 Å². The van der Waals surface area contributed by atoms with E-state index in [9.17, 15) is 17.6 Å². The van der Waals surface area contributed by atoms with E-state index in [1.54, 1.807) is 28.6 Å². The molecule has 0 amide bonds. The molecule has 1 atom stereocenters. The molecule has 3 aromatic rings. The molecule has 0 fully saturated rings. The highest BCUT2D eigenvalue weighted by molar-refractivity contribution is 5.69. The number of aromatic nitrogens is 3. The third kappa shape index (κ3) is 4.43. The lowest BCUT2D eigenvalue weighted by Gasteiger charge is -2.17. The van der Waals surface area contributed by atoms with E-state index in [1.165, 1.54) is 30.5 Å². The summed E-state index contributed by atoms with van der Waals surface area (Å²) in [7, 11) is 0. The van der Waals surface area contributed by atoms with Crippen molar-refractivity contribution in [1.82, 2.24) is 20.0 Å². The maximum atomic E-state index is 13.6. The van der Waals surface area contributed by atoms with Crippen LogP contribution in [0.15, 0.2) is 60.8 Å². The second kappa shape index (κ2) is 8.54. The summed E-state index contributed by atoms with van der Waals surface area (Å²) in [5.74, 6) is 4.66. The fourth-order valence-corrected chi connectivity index (χ4v) is 3.17. The van der Waals surface area contributed by atoms with Crippen LogP contribution in [0.5, 0.6) is 0 Å². The Hall–Kier alpha value is -3.40. The minimum Gasteiger partial charge on any atom is -0.397 e. The van der Waals surface area contributed by atoms with E-state index in [-0.39, 0.29) is 17.4 Å². The molecule has 0 saturated heterocycles. The van der Waals surface area contributed by atoms with Gasteiger partial charge in [0, 0.05) is 18.0 Å². The summed E-state index contributed by atoms with van der Waals surface area (Å²) in [5.41, 5.74) is 7.13. The molecule has 158 valence electrons. The molecule has 0 aliphatic heterocycles. The Labute approximate surface area is 170 Å². The van der Waals surface area contributed by atoms with Crippen molar-refractivity contribution in [3.8, 4) is 11.4 Å². The molecule has 30 heavy (non-hydrogen) atoms. The molecular weight excluding hydrogens is 400 g/mol. The summed E-state index contributed by atoms with van der Waals surface area (Å²) in [4.78, 5) is 8.48. The highest BCUT2D eigenvalue weighted by Gasteiger charge is 2.36. The number of nitrogens with one attached hydrogen (secondary N) is 1. The van der Waals surface area contributed by atoms with Gasteiger partial charge in [-0.3, -0.25) is 10.8 Å². The van der Waals surface area contributed by atoms with Gasteiger partial charge in [0.05, 0.1) is 23.8 Å². The van der Waals surface area contributed by atoms with E-state index in [0.29, 0.717) is 17.8 Å². The van der Waals surface area contributed by atoms with Crippen molar-refractivity contribution < 1.29 is 17.6 Å². The van der Waals surface area contributed by atoms with Gasteiger partial charge in [0.2, 0.25) is 0 Å². The Kier molecular flexibility index (Phi) is 6.06. The largest absolute Gasteiger partial charge is 0.434 e. The van der Waals surface area contributed by atoms with Crippen LogP contribution in [-0.4, -0.2) is 20.7 Å². The molecule has 0 radical (unpaired) electrons. The van der Waals surface area contributed by atoms with Crippen LogP contribution in [0, 0.1) is 5.82 Å². The summed E-state index contributed by atoms with van der Waals surface area (Å²) in [6.07, 6.45) is 0.565. The first-order valence-electron chi connectivity index (χ1n) is 9.03. The molecule has 2 heterocycles. The van der Waals surface area contributed by atoms with Gasteiger partial charge >= 0.3 is 6.18 Å². The fraction of sp³-hybridized carbons (Fsp3) is 0.200. The molecule has 2 aromatic heterocycles. The number of alkyl halides is 3. The number of hydrogen-bond donors (Lipinski definition) is 3. The lowest BCUT2D eigenvalue weighted by Crippen LogP contribution is -2.34. The minimum atomic E-state index is -4.73. The fourth-order valence-electron chi connectivity index (χ4n) is 3.17. The normalized spacial score (nSPS) is 13.7. The second-order valence-corrected chi connectivity index (χ2v) is 6.55. The molecule has 0 aliphatic carbocycles. The summed E-state index contributed by atoms with van der Waals surface area (Å²) in [5, 5.41) is 0. The van der Waals surface area contributed by atoms with Gasteiger partial charge in [0.15, 0.2) is 5.70 Å². The van der Waals surface area contributed by atoms with Gasteiger partial charge in [-0.2, -0.15) is 13.2 Å². The van der Waals surface area contributed by atoms with Crippen molar-refractivity contribution in [2.24, 2.45) is 11.6 Å². The number of halogens is 4. The van der Waals surface area contributed by atoms with E-state index in [0.717, 1.165) is 5.56 Å². The minimum absolute atomic E-state index is 0.0944. The molecule has 10 heteroatoms. The van der Waals surface area contributed by atoms with Crippen molar-refractivity contribution in [2.75, 3.05) is 0 Å². The Balaban J connectivity index is 1.96. The molecule has 6 nitrogen and oxygen atoms in total. The molecule has 5 N–H and O–H groups in total. The molecule has 0 aliphatic rings. The van der Waals surface area contributed by atoms with Crippen molar-refractivity contribution in [2.45, 2.75) is 25.6 Å². The number of hydrazine groups is 1. The molecule has 1 aromatic carbocycles. The van der Waals surface area contributed by atoms with E-state index in [4.69, 9.17) is 11.6 Å². The third-order valence-corrected chi connectivity index (χ3v) is 4.61. The van der Waals surface area contributed by atoms with Crippen LogP contribution in [0.25, 0.3) is 17.1 Å². The van der Waals surface area contributed by atoms with Crippen LogP contribution >= 0.6 is 0 Å². The molecule has 0 bridgehead atoms. The van der Waals surface area contributed by atoms with Gasteiger partial charge in [-0.05, 0) is 36.2 Å². The zero-order valence-electron chi connectivity index (χ0n) is 16.0. The van der Waals surface area contributed by atoms with Crippen molar-refractivity contribution in [3.63, 3.8) is 0 Å². The number of pyridine rings is 1. The van der Waals surface area contributed by atoms with Gasteiger partial charge in [-0.25, -0.2) is 9.37 Å². The second-order valence-electron chi connectivity index (χ2n) is 6.55. The third-order valence-electron chi connectivity index (χ3n) is 4.61. The van der Waals surface area contributed by atoms with E-state index < -0.39 is 17.6 Å². The first kappa shape index (κ1) is 21.3. The number of nitrogens with two attached hydrogens (primary N) is 2. The summed E-state index contributed by atoms with van der Waals surface area (Å²) in [6, 6.07) is 8.86. The van der Waals surface area contributed by atoms with Crippen LogP contribution < -0.4 is 17.0 Å². The van der Waals surface area contributed by atoms with Crippen molar-refractivity contribution in [3.05, 3.63) is 77.8 Å². The van der Waals surface area contributed by atoms with Crippen LogP contribution in [0.1, 0.15) is 30.5 Å². The number of allylic oxidation sites excluding steroid dienone is 1. The first-order chi connectivity index (χ1) is 14.2. The van der Waals surface area contributed by atoms with E-state index >= 15 is 0 Å². The first-order valence-corrected chi connectivity index (χ1v) is 9.03. The summed E-state index contributed by atoms with van der Waals surface area (Å²) in [6.45, 7) is 1.96. The lowest BCUT2D eigenvalue weighted by atomic mass is 10.0. The summed E-state index contributed by atoms with van der Waals surface area (Å²) >= 11 is 0. The maximum Gasteiger partial charge on any atom is 0.434 e. The highest BCUT2D eigenvalue weighted by atomic mass is 19.4. The van der Waals surface area contributed by atoms with Crippen LogP contribution in [0.2, 0.25) is 0 Å². The predicted octanol–water partition coefficient (Wildman–Crippen LogP) is 3.74. The van der Waals surface area contributed by atoms with Crippen molar-refractivity contribution in [1.29, 1.82) is 0 Å². The van der Waals surface area contributed by atoms with Crippen molar-refractivity contribution >= 4 is 5.70 Å². The average molecular weight is 420 g/mol. The smallest absolute Gasteiger partial charge is 0.397 e. The molecule has 3 rings (SSSR count). The quantitative estimate of drug-likeness (QED) is 0.321. The zero-order valence-corrected chi connectivity index (χ0v) is 16.0. The lowest BCUT2D eigenvalue weighted by molar-refractivity contribution is -0.0961. The molecular formula is C20H20F4N6. The Bertz CT molecular complexity index is 1060. The molecule has 0 spiro atoms. The molecule has 1 unspecified atom stereocenters. The van der Waals surface area contributed by atoms with Gasteiger partial charge in [0.1, 0.15) is 11.5 Å². The van der Waals surface area contributed by atoms with Crippen LogP contribution in [-0.2, 0) is 0 Å². The number of imidazole rings is 1. The van der Waals surface area contributed by atoms with Gasteiger partial charge in [-0.15, -0.1) is 0 Å².